The number of aromatic nitrogens is 1. The molecule has 2 aliphatic rings. The lowest BCUT2D eigenvalue weighted by molar-refractivity contribution is -0.137. The summed E-state index contributed by atoms with van der Waals surface area (Å²) in [6.07, 6.45) is -2.03. The second-order valence-corrected chi connectivity index (χ2v) is 4.87. The number of alkyl halides is 3. The maximum atomic E-state index is 12.7. The van der Waals surface area contributed by atoms with Crippen molar-refractivity contribution in [3.05, 3.63) is 23.9 Å². The van der Waals surface area contributed by atoms with Gasteiger partial charge in [0, 0.05) is 31.9 Å². The van der Waals surface area contributed by atoms with E-state index in [4.69, 9.17) is 0 Å². The van der Waals surface area contributed by atoms with Crippen molar-refractivity contribution in [2.75, 3.05) is 24.5 Å². The Labute approximate surface area is 103 Å². The first-order valence-corrected chi connectivity index (χ1v) is 6.06. The van der Waals surface area contributed by atoms with E-state index in [9.17, 15) is 13.2 Å². The number of halogens is 3. The van der Waals surface area contributed by atoms with Gasteiger partial charge in [0.25, 0.3) is 0 Å². The first kappa shape index (κ1) is 11.8. The van der Waals surface area contributed by atoms with Crippen molar-refractivity contribution in [1.29, 1.82) is 0 Å². The van der Waals surface area contributed by atoms with E-state index >= 15 is 0 Å². The molecule has 98 valence electrons. The minimum absolute atomic E-state index is 0.293. The molecule has 1 aromatic rings. The quantitative estimate of drug-likeness (QED) is 0.833. The van der Waals surface area contributed by atoms with E-state index < -0.39 is 11.7 Å². The topological polar surface area (TPSA) is 28.2 Å². The van der Waals surface area contributed by atoms with Crippen LogP contribution in [0.4, 0.5) is 19.0 Å². The molecule has 1 aromatic heterocycles. The Morgan fingerprint density at radius 2 is 2.17 bits per heavy atom. The second-order valence-electron chi connectivity index (χ2n) is 4.87. The summed E-state index contributed by atoms with van der Waals surface area (Å²) in [7, 11) is 0. The molecule has 2 atom stereocenters. The maximum absolute atomic E-state index is 12.7. The molecular weight excluding hydrogens is 243 g/mol. The highest BCUT2D eigenvalue weighted by Crippen LogP contribution is 2.34. The summed E-state index contributed by atoms with van der Waals surface area (Å²) in [6.45, 7) is 2.59. The number of hydrogen-bond donors (Lipinski definition) is 1. The van der Waals surface area contributed by atoms with Crippen molar-refractivity contribution in [2.45, 2.75) is 18.6 Å². The fourth-order valence-corrected chi connectivity index (χ4v) is 2.89. The zero-order valence-electron chi connectivity index (χ0n) is 9.74. The van der Waals surface area contributed by atoms with Gasteiger partial charge >= 0.3 is 6.18 Å². The Kier molecular flexibility index (Phi) is 2.69. The zero-order valence-corrected chi connectivity index (χ0v) is 9.74. The van der Waals surface area contributed by atoms with Crippen LogP contribution in [0.1, 0.15) is 12.0 Å². The highest BCUT2D eigenvalue weighted by molar-refractivity contribution is 5.45. The van der Waals surface area contributed by atoms with Crippen LogP contribution in [-0.4, -0.2) is 30.7 Å². The molecule has 0 radical (unpaired) electrons. The second kappa shape index (κ2) is 4.12. The molecule has 1 N–H and O–H groups in total. The van der Waals surface area contributed by atoms with Crippen molar-refractivity contribution in [3.63, 3.8) is 0 Å². The molecule has 2 fully saturated rings. The van der Waals surface area contributed by atoms with E-state index in [-0.39, 0.29) is 0 Å². The minimum atomic E-state index is -4.30. The van der Waals surface area contributed by atoms with Crippen LogP contribution < -0.4 is 10.2 Å². The lowest BCUT2D eigenvalue weighted by Gasteiger charge is -2.25. The number of nitrogens with one attached hydrogen (secondary N) is 1. The molecule has 0 aliphatic carbocycles. The lowest BCUT2D eigenvalue weighted by Crippen LogP contribution is -2.34. The largest absolute Gasteiger partial charge is 0.416 e. The molecule has 0 spiro atoms. The predicted octanol–water partition coefficient (Wildman–Crippen LogP) is 1.90. The van der Waals surface area contributed by atoms with Crippen LogP contribution >= 0.6 is 0 Å². The molecule has 2 aliphatic heterocycles. The SMILES string of the molecule is FC(F)(F)c1ccnc(N2CC[C@H]3CNC[C@H]32)c1. The molecule has 0 aromatic carbocycles. The van der Waals surface area contributed by atoms with E-state index in [0.717, 1.165) is 38.2 Å². The zero-order chi connectivity index (χ0) is 12.8. The average Bonchev–Trinajstić information content (AvgIpc) is 2.89. The number of rotatable bonds is 1. The Balaban J connectivity index is 1.88. The summed E-state index contributed by atoms with van der Waals surface area (Å²) < 4.78 is 38.0. The van der Waals surface area contributed by atoms with E-state index in [0.29, 0.717) is 17.8 Å². The van der Waals surface area contributed by atoms with Crippen molar-refractivity contribution in [1.82, 2.24) is 10.3 Å². The highest BCUT2D eigenvalue weighted by atomic mass is 19.4. The van der Waals surface area contributed by atoms with Crippen LogP contribution in [-0.2, 0) is 6.18 Å². The minimum Gasteiger partial charge on any atom is -0.352 e. The standard InChI is InChI=1S/C12H14F3N3/c13-12(14,15)9-1-3-17-11(5-9)18-4-2-8-6-16-7-10(8)18/h1,3,5,8,10,16H,2,4,6-7H2/t8-,10+/m0/s1. The van der Waals surface area contributed by atoms with Gasteiger partial charge in [-0.3, -0.25) is 0 Å². The third-order valence-corrected chi connectivity index (χ3v) is 3.81. The molecular formula is C12H14F3N3. The first-order valence-electron chi connectivity index (χ1n) is 6.06. The number of anilines is 1. The summed E-state index contributed by atoms with van der Waals surface area (Å²) in [5.41, 5.74) is -0.623. The lowest BCUT2D eigenvalue weighted by atomic mass is 10.1. The van der Waals surface area contributed by atoms with Crippen molar-refractivity contribution in [3.8, 4) is 0 Å². The summed E-state index contributed by atoms with van der Waals surface area (Å²) in [5, 5.41) is 3.28. The highest BCUT2D eigenvalue weighted by Gasteiger charge is 2.39. The van der Waals surface area contributed by atoms with E-state index in [1.807, 2.05) is 4.90 Å². The fourth-order valence-electron chi connectivity index (χ4n) is 2.89. The molecule has 2 saturated heterocycles. The molecule has 3 nitrogen and oxygen atoms in total. The summed E-state index contributed by atoms with van der Waals surface area (Å²) in [4.78, 5) is 6.09. The Hall–Kier alpha value is -1.30. The number of pyridine rings is 1. The van der Waals surface area contributed by atoms with E-state index in [1.54, 1.807) is 0 Å². The van der Waals surface area contributed by atoms with Gasteiger partial charge in [-0.25, -0.2) is 4.98 Å². The number of nitrogens with zero attached hydrogens (tertiary/aromatic N) is 2. The molecule has 3 rings (SSSR count). The molecule has 18 heavy (non-hydrogen) atoms. The van der Waals surface area contributed by atoms with Gasteiger partial charge in [0.2, 0.25) is 0 Å². The van der Waals surface area contributed by atoms with Crippen molar-refractivity contribution < 1.29 is 13.2 Å². The van der Waals surface area contributed by atoms with Crippen LogP contribution in [0.25, 0.3) is 0 Å². The van der Waals surface area contributed by atoms with E-state index in [2.05, 4.69) is 10.3 Å². The van der Waals surface area contributed by atoms with Gasteiger partial charge in [-0.05, 0) is 24.5 Å². The van der Waals surface area contributed by atoms with Crippen LogP contribution in [0.15, 0.2) is 18.3 Å². The smallest absolute Gasteiger partial charge is 0.352 e. The Morgan fingerprint density at radius 3 is 2.94 bits per heavy atom. The monoisotopic (exact) mass is 257 g/mol. The third-order valence-electron chi connectivity index (χ3n) is 3.81. The van der Waals surface area contributed by atoms with Crippen LogP contribution in [0.2, 0.25) is 0 Å². The summed E-state index contributed by atoms with van der Waals surface area (Å²) in [6, 6.07) is 2.46. The third kappa shape index (κ3) is 1.94. The maximum Gasteiger partial charge on any atom is 0.416 e. The summed E-state index contributed by atoms with van der Waals surface area (Å²) in [5.74, 6) is 0.988. The molecule has 0 amide bonds. The van der Waals surface area contributed by atoms with Gasteiger partial charge in [0.05, 0.1) is 5.56 Å². The van der Waals surface area contributed by atoms with Crippen molar-refractivity contribution >= 4 is 5.82 Å². The van der Waals surface area contributed by atoms with Gasteiger partial charge < -0.3 is 10.2 Å². The average molecular weight is 257 g/mol. The van der Waals surface area contributed by atoms with Crippen LogP contribution in [0.3, 0.4) is 0 Å². The normalized spacial score (nSPS) is 27.6. The molecule has 6 heteroatoms. The van der Waals surface area contributed by atoms with Gasteiger partial charge in [0.15, 0.2) is 0 Å². The van der Waals surface area contributed by atoms with Gasteiger partial charge in [-0.1, -0.05) is 0 Å². The Morgan fingerprint density at radius 1 is 1.33 bits per heavy atom. The summed E-state index contributed by atoms with van der Waals surface area (Å²) >= 11 is 0. The van der Waals surface area contributed by atoms with Gasteiger partial charge in [-0.15, -0.1) is 0 Å². The van der Waals surface area contributed by atoms with Crippen LogP contribution in [0, 0.1) is 5.92 Å². The molecule has 0 bridgehead atoms. The molecule has 0 unspecified atom stereocenters. The van der Waals surface area contributed by atoms with E-state index in [1.165, 1.54) is 6.20 Å². The Bertz CT molecular complexity index is 446. The molecule has 0 saturated carbocycles. The fraction of sp³-hybridized carbons (Fsp3) is 0.583. The van der Waals surface area contributed by atoms with Crippen LogP contribution in [0.5, 0.6) is 0 Å². The number of hydrogen-bond acceptors (Lipinski definition) is 3. The van der Waals surface area contributed by atoms with Gasteiger partial charge in [0.1, 0.15) is 5.82 Å². The van der Waals surface area contributed by atoms with Crippen molar-refractivity contribution in [2.24, 2.45) is 5.92 Å². The number of fused-ring (bicyclic) bond motifs is 1. The van der Waals surface area contributed by atoms with Gasteiger partial charge in [-0.2, -0.15) is 13.2 Å². The molecule has 3 heterocycles. The predicted molar refractivity (Wildman–Crippen MR) is 61.3 cm³/mol. The first-order chi connectivity index (χ1) is 8.55.